The molecule has 0 aliphatic heterocycles. The quantitative estimate of drug-likeness (QED) is 0.775. The van der Waals surface area contributed by atoms with Crippen molar-refractivity contribution in [3.05, 3.63) is 45.1 Å². The van der Waals surface area contributed by atoms with Crippen molar-refractivity contribution in [3.63, 3.8) is 0 Å². The highest BCUT2D eigenvalue weighted by molar-refractivity contribution is 9.10. The highest BCUT2D eigenvalue weighted by Crippen LogP contribution is 2.25. The summed E-state index contributed by atoms with van der Waals surface area (Å²) in [4.78, 5) is 27.1. The number of hydrogen-bond acceptors (Lipinski definition) is 4. The normalized spacial score (nSPS) is 10.3. The number of anilines is 1. The fraction of sp³-hybridized carbons (Fsp3) is 0.200. The molecule has 1 heterocycles. The maximum Gasteiger partial charge on any atom is 0.265 e. The lowest BCUT2D eigenvalue weighted by atomic mass is 10.3. The minimum Gasteiger partial charge on any atom is -0.344 e. The van der Waals surface area contributed by atoms with Gasteiger partial charge in [-0.2, -0.15) is 0 Å². The molecule has 0 aliphatic rings. The molecule has 0 saturated carbocycles. The average Bonchev–Trinajstić information content (AvgIpc) is 2.93. The maximum absolute atomic E-state index is 12.0. The molecule has 4 nitrogen and oxygen atoms in total. The van der Waals surface area contributed by atoms with Crippen LogP contribution in [-0.2, 0) is 4.79 Å². The van der Waals surface area contributed by atoms with E-state index in [0.717, 1.165) is 9.37 Å². The molecule has 2 amide bonds. The van der Waals surface area contributed by atoms with E-state index in [1.807, 2.05) is 24.3 Å². The standard InChI is InChI=1S/C15H15BrN2O2S2/c1-18(2)15(20)14-12(7-8-21-14)17-13(19)9-22-11-5-3-10(16)4-6-11/h3-8H,9H2,1-2H3,(H,17,19). The number of benzene rings is 1. The molecule has 0 fully saturated rings. The zero-order valence-corrected chi connectivity index (χ0v) is 15.3. The second-order valence-electron chi connectivity index (χ2n) is 4.65. The molecule has 2 rings (SSSR count). The number of nitrogens with one attached hydrogen (secondary N) is 1. The Bertz CT molecular complexity index is 668. The van der Waals surface area contributed by atoms with Gasteiger partial charge in [-0.3, -0.25) is 9.59 Å². The van der Waals surface area contributed by atoms with Crippen LogP contribution in [-0.4, -0.2) is 36.6 Å². The van der Waals surface area contributed by atoms with Gasteiger partial charge in [-0.15, -0.1) is 23.1 Å². The summed E-state index contributed by atoms with van der Waals surface area (Å²) in [5, 5.41) is 4.60. The molecule has 0 unspecified atom stereocenters. The van der Waals surface area contributed by atoms with Crippen LogP contribution in [0.4, 0.5) is 5.69 Å². The number of halogens is 1. The Balaban J connectivity index is 1.94. The topological polar surface area (TPSA) is 49.4 Å². The molecular weight excluding hydrogens is 384 g/mol. The van der Waals surface area contributed by atoms with Crippen LogP contribution in [0.1, 0.15) is 9.67 Å². The van der Waals surface area contributed by atoms with E-state index in [-0.39, 0.29) is 11.8 Å². The van der Waals surface area contributed by atoms with E-state index in [4.69, 9.17) is 0 Å². The van der Waals surface area contributed by atoms with Gasteiger partial charge in [0.1, 0.15) is 4.88 Å². The Hall–Kier alpha value is -1.31. The molecule has 0 aliphatic carbocycles. The van der Waals surface area contributed by atoms with E-state index in [1.54, 1.807) is 25.5 Å². The predicted octanol–water partition coefficient (Wildman–Crippen LogP) is 3.94. The van der Waals surface area contributed by atoms with Crippen LogP contribution in [0.5, 0.6) is 0 Å². The molecule has 0 saturated heterocycles. The second-order valence-corrected chi connectivity index (χ2v) is 7.53. The van der Waals surface area contributed by atoms with E-state index >= 15 is 0 Å². The fourth-order valence-corrected chi connectivity index (χ4v) is 3.47. The molecule has 22 heavy (non-hydrogen) atoms. The number of carbonyl (C=O) groups is 2. The third kappa shape index (κ3) is 4.59. The number of carbonyl (C=O) groups excluding carboxylic acids is 2. The van der Waals surface area contributed by atoms with Gasteiger partial charge >= 0.3 is 0 Å². The van der Waals surface area contributed by atoms with Gasteiger partial charge in [-0.05, 0) is 35.7 Å². The van der Waals surface area contributed by atoms with Gasteiger partial charge < -0.3 is 10.2 Å². The maximum atomic E-state index is 12.0. The number of amides is 2. The molecule has 0 atom stereocenters. The summed E-state index contributed by atoms with van der Waals surface area (Å²) in [6.45, 7) is 0. The molecule has 0 radical (unpaired) electrons. The highest BCUT2D eigenvalue weighted by atomic mass is 79.9. The third-order valence-corrected chi connectivity index (χ3v) is 5.17. The Morgan fingerprint density at radius 2 is 1.91 bits per heavy atom. The van der Waals surface area contributed by atoms with Crippen LogP contribution in [0, 0.1) is 0 Å². The zero-order valence-electron chi connectivity index (χ0n) is 12.1. The average molecular weight is 399 g/mol. The fourth-order valence-electron chi connectivity index (χ4n) is 1.64. The van der Waals surface area contributed by atoms with Crippen LogP contribution in [0.15, 0.2) is 45.1 Å². The van der Waals surface area contributed by atoms with Crippen LogP contribution < -0.4 is 5.32 Å². The van der Waals surface area contributed by atoms with Crippen molar-refractivity contribution in [2.75, 3.05) is 25.2 Å². The van der Waals surface area contributed by atoms with Gasteiger partial charge in [0.2, 0.25) is 5.91 Å². The SMILES string of the molecule is CN(C)C(=O)c1sccc1NC(=O)CSc1ccc(Br)cc1. The Labute approximate surface area is 146 Å². The van der Waals surface area contributed by atoms with Gasteiger partial charge in [-0.1, -0.05) is 15.9 Å². The lowest BCUT2D eigenvalue weighted by Gasteiger charge is -2.11. The van der Waals surface area contributed by atoms with Crippen LogP contribution in [0.25, 0.3) is 0 Å². The Morgan fingerprint density at radius 3 is 2.55 bits per heavy atom. The van der Waals surface area contributed by atoms with E-state index < -0.39 is 0 Å². The Morgan fingerprint density at radius 1 is 1.23 bits per heavy atom. The first-order valence-electron chi connectivity index (χ1n) is 6.44. The second kappa shape index (κ2) is 7.80. The molecule has 7 heteroatoms. The number of hydrogen-bond donors (Lipinski definition) is 1. The number of thiophene rings is 1. The van der Waals surface area contributed by atoms with Gasteiger partial charge in [0.25, 0.3) is 5.91 Å². The van der Waals surface area contributed by atoms with Crippen molar-refractivity contribution >= 4 is 56.5 Å². The first-order chi connectivity index (χ1) is 10.5. The van der Waals surface area contributed by atoms with E-state index in [1.165, 1.54) is 28.0 Å². The summed E-state index contributed by atoms with van der Waals surface area (Å²) in [7, 11) is 3.38. The minimum atomic E-state index is -0.126. The molecule has 1 N–H and O–H groups in total. The molecule has 116 valence electrons. The molecular formula is C15H15BrN2O2S2. The van der Waals surface area contributed by atoms with E-state index in [2.05, 4.69) is 21.2 Å². The molecule has 1 aromatic carbocycles. The van der Waals surface area contributed by atoms with Crippen LogP contribution in [0.2, 0.25) is 0 Å². The molecule has 0 bridgehead atoms. The van der Waals surface area contributed by atoms with Crippen LogP contribution >= 0.6 is 39.0 Å². The lowest BCUT2D eigenvalue weighted by molar-refractivity contribution is -0.113. The van der Waals surface area contributed by atoms with Gasteiger partial charge in [0.05, 0.1) is 11.4 Å². The summed E-state index contributed by atoms with van der Waals surface area (Å²) in [6, 6.07) is 9.53. The van der Waals surface area contributed by atoms with Gasteiger partial charge in [-0.25, -0.2) is 0 Å². The first-order valence-corrected chi connectivity index (χ1v) is 9.10. The largest absolute Gasteiger partial charge is 0.344 e. The number of nitrogens with zero attached hydrogens (tertiary/aromatic N) is 1. The smallest absolute Gasteiger partial charge is 0.265 e. The first kappa shape index (κ1) is 17.1. The zero-order chi connectivity index (χ0) is 16.1. The summed E-state index contributed by atoms with van der Waals surface area (Å²) in [5.41, 5.74) is 0.574. The number of thioether (sulfide) groups is 1. The summed E-state index contributed by atoms with van der Waals surface area (Å²) in [5.74, 6) is 0.0672. The number of rotatable bonds is 5. The van der Waals surface area contributed by atoms with Crippen LogP contribution in [0.3, 0.4) is 0 Å². The van der Waals surface area contributed by atoms with E-state index in [0.29, 0.717) is 16.3 Å². The highest BCUT2D eigenvalue weighted by Gasteiger charge is 2.16. The van der Waals surface area contributed by atoms with Crippen molar-refractivity contribution in [2.24, 2.45) is 0 Å². The molecule has 2 aromatic rings. The van der Waals surface area contributed by atoms with Crippen molar-refractivity contribution in [3.8, 4) is 0 Å². The Kier molecular flexibility index (Phi) is 6.05. The van der Waals surface area contributed by atoms with Crippen molar-refractivity contribution < 1.29 is 9.59 Å². The van der Waals surface area contributed by atoms with Crippen molar-refractivity contribution in [1.82, 2.24) is 4.90 Å². The van der Waals surface area contributed by atoms with Gasteiger partial charge in [0.15, 0.2) is 0 Å². The molecule has 0 spiro atoms. The molecule has 1 aromatic heterocycles. The van der Waals surface area contributed by atoms with Crippen molar-refractivity contribution in [1.29, 1.82) is 0 Å². The minimum absolute atomic E-state index is 0.106. The summed E-state index contributed by atoms with van der Waals surface area (Å²) in [6.07, 6.45) is 0. The van der Waals surface area contributed by atoms with Gasteiger partial charge in [0, 0.05) is 23.5 Å². The lowest BCUT2D eigenvalue weighted by Crippen LogP contribution is -2.23. The third-order valence-electron chi connectivity index (χ3n) is 2.72. The van der Waals surface area contributed by atoms with E-state index in [9.17, 15) is 9.59 Å². The summed E-state index contributed by atoms with van der Waals surface area (Å²) < 4.78 is 1.01. The predicted molar refractivity (Wildman–Crippen MR) is 95.8 cm³/mol. The summed E-state index contributed by atoms with van der Waals surface area (Å²) >= 11 is 6.16. The monoisotopic (exact) mass is 398 g/mol. The van der Waals surface area contributed by atoms with Crippen molar-refractivity contribution in [2.45, 2.75) is 4.90 Å².